The van der Waals surface area contributed by atoms with Gasteiger partial charge >= 0.3 is 0 Å². The van der Waals surface area contributed by atoms with Crippen molar-refractivity contribution in [1.29, 1.82) is 0 Å². The average Bonchev–Trinajstić information content (AvgIpc) is 2.02. The summed E-state index contributed by atoms with van der Waals surface area (Å²) in [4.78, 5) is 0. The largest absolute Gasteiger partial charge is 0.0683 e. The van der Waals surface area contributed by atoms with Crippen LogP contribution in [-0.2, 0) is 0 Å². The minimum Gasteiger partial charge on any atom is -0.0683 e. The van der Waals surface area contributed by atoms with Gasteiger partial charge in [-0.2, -0.15) is 0 Å². The highest BCUT2D eigenvalue weighted by molar-refractivity contribution is 4.87. The molecule has 0 aromatic heterocycles. The third kappa shape index (κ3) is 3.60. The van der Waals surface area contributed by atoms with Crippen molar-refractivity contribution in [3.05, 3.63) is 0 Å². The highest BCUT2D eigenvalue weighted by Crippen LogP contribution is 2.48. The molecule has 0 aromatic carbocycles. The zero-order valence-electron chi connectivity index (χ0n) is 9.61. The lowest BCUT2D eigenvalue weighted by molar-refractivity contribution is 0.0748. The van der Waals surface area contributed by atoms with Gasteiger partial charge < -0.3 is 0 Å². The molecule has 1 aliphatic rings. The van der Waals surface area contributed by atoms with Crippen molar-refractivity contribution >= 4 is 0 Å². The van der Waals surface area contributed by atoms with Crippen LogP contribution in [0.15, 0.2) is 0 Å². The van der Waals surface area contributed by atoms with Crippen LogP contribution in [0.4, 0.5) is 0 Å². The summed E-state index contributed by atoms with van der Waals surface area (Å²) in [7, 11) is 0. The number of rotatable bonds is 3. The first kappa shape index (κ1) is 12.0. The van der Waals surface area contributed by atoms with E-state index in [2.05, 4.69) is 20.8 Å². The van der Waals surface area contributed by atoms with Crippen molar-refractivity contribution in [2.75, 3.05) is 0 Å². The molecule has 0 spiro atoms. The maximum Gasteiger partial charge on any atom is -0.0321 e. The monoisotopic (exact) mass is 170 g/mol. The molecule has 0 heteroatoms. The molecule has 0 heterocycles. The van der Waals surface area contributed by atoms with Crippen LogP contribution in [0.25, 0.3) is 0 Å². The summed E-state index contributed by atoms with van der Waals surface area (Å²) in [6, 6.07) is 0. The first-order valence-corrected chi connectivity index (χ1v) is 5.66. The van der Waals surface area contributed by atoms with Crippen molar-refractivity contribution < 1.29 is 0 Å². The fourth-order valence-electron chi connectivity index (χ4n) is 2.43. The van der Waals surface area contributed by atoms with E-state index in [0.717, 1.165) is 11.3 Å². The Balaban J connectivity index is 0.000000561. The Hall–Kier alpha value is 0. The lowest BCUT2D eigenvalue weighted by Crippen LogP contribution is -2.32. The highest BCUT2D eigenvalue weighted by atomic mass is 14.4. The Morgan fingerprint density at radius 2 is 1.75 bits per heavy atom. The van der Waals surface area contributed by atoms with Crippen LogP contribution in [0.1, 0.15) is 66.7 Å². The minimum atomic E-state index is 0.745. The lowest BCUT2D eigenvalue weighted by atomic mass is 9.62. The molecule has 1 aliphatic carbocycles. The van der Waals surface area contributed by atoms with Crippen molar-refractivity contribution in [2.45, 2.75) is 66.7 Å². The van der Waals surface area contributed by atoms with Gasteiger partial charge in [0.1, 0.15) is 0 Å². The summed E-state index contributed by atoms with van der Waals surface area (Å²) in [5, 5.41) is 0. The SMILES string of the molecule is CC.CCCCC1(C)CC(C)C1. The minimum absolute atomic E-state index is 0.745. The van der Waals surface area contributed by atoms with Crippen LogP contribution in [-0.4, -0.2) is 0 Å². The van der Waals surface area contributed by atoms with Crippen molar-refractivity contribution in [1.82, 2.24) is 0 Å². The van der Waals surface area contributed by atoms with Gasteiger partial charge in [0.05, 0.1) is 0 Å². The van der Waals surface area contributed by atoms with Crippen LogP contribution in [0.2, 0.25) is 0 Å². The van der Waals surface area contributed by atoms with Crippen molar-refractivity contribution in [3.8, 4) is 0 Å². The first-order chi connectivity index (χ1) is 5.66. The Bertz CT molecular complexity index is 98.6. The molecule has 1 fully saturated rings. The summed E-state index contributed by atoms with van der Waals surface area (Å²) in [6.07, 6.45) is 7.22. The van der Waals surface area contributed by atoms with Crippen LogP contribution in [0.5, 0.6) is 0 Å². The molecule has 0 aliphatic heterocycles. The van der Waals surface area contributed by atoms with Crippen molar-refractivity contribution in [3.63, 3.8) is 0 Å². The van der Waals surface area contributed by atoms with Gasteiger partial charge in [0, 0.05) is 0 Å². The maximum atomic E-state index is 2.45. The Kier molecular flexibility index (Phi) is 5.61. The smallest absolute Gasteiger partial charge is 0.0321 e. The summed E-state index contributed by atoms with van der Waals surface area (Å²) in [5.41, 5.74) is 0.745. The van der Waals surface area contributed by atoms with Crippen LogP contribution in [0, 0.1) is 11.3 Å². The zero-order chi connectivity index (χ0) is 9.61. The van der Waals surface area contributed by atoms with Gasteiger partial charge in [0.25, 0.3) is 0 Å². The van der Waals surface area contributed by atoms with Crippen LogP contribution < -0.4 is 0 Å². The molecule has 0 atom stereocenters. The van der Waals surface area contributed by atoms with Gasteiger partial charge in [-0.15, -0.1) is 0 Å². The zero-order valence-corrected chi connectivity index (χ0v) is 9.61. The summed E-state index contributed by atoms with van der Waals surface area (Å²) < 4.78 is 0. The van der Waals surface area contributed by atoms with Gasteiger partial charge in [0.15, 0.2) is 0 Å². The van der Waals surface area contributed by atoms with Crippen LogP contribution >= 0.6 is 0 Å². The Morgan fingerprint density at radius 3 is 2.08 bits per heavy atom. The normalized spacial score (nSPS) is 33.2. The Labute approximate surface area is 78.8 Å². The second kappa shape index (κ2) is 5.61. The van der Waals surface area contributed by atoms with E-state index >= 15 is 0 Å². The highest BCUT2D eigenvalue weighted by Gasteiger charge is 2.36. The van der Waals surface area contributed by atoms with Crippen LogP contribution in [0.3, 0.4) is 0 Å². The molecule has 0 saturated heterocycles. The quantitative estimate of drug-likeness (QED) is 0.579. The van der Waals surface area contributed by atoms with E-state index in [1.165, 1.54) is 32.1 Å². The molecule has 12 heavy (non-hydrogen) atoms. The van der Waals surface area contributed by atoms with E-state index < -0.39 is 0 Å². The molecule has 0 aromatic rings. The topological polar surface area (TPSA) is 0 Å². The summed E-state index contributed by atoms with van der Waals surface area (Å²) in [5.74, 6) is 1.02. The number of hydrogen-bond donors (Lipinski definition) is 0. The van der Waals surface area contributed by atoms with Gasteiger partial charge in [-0.25, -0.2) is 0 Å². The van der Waals surface area contributed by atoms with E-state index in [4.69, 9.17) is 0 Å². The van der Waals surface area contributed by atoms with E-state index in [1.54, 1.807) is 0 Å². The summed E-state index contributed by atoms with van der Waals surface area (Å²) in [6.45, 7) is 11.1. The second-order valence-corrected chi connectivity index (χ2v) is 4.43. The van der Waals surface area contributed by atoms with E-state index in [9.17, 15) is 0 Å². The maximum absolute atomic E-state index is 2.45. The molecule has 0 N–H and O–H groups in total. The predicted molar refractivity (Wildman–Crippen MR) is 57.4 cm³/mol. The molecule has 74 valence electrons. The standard InChI is InChI=1S/C10H20.C2H6/c1-4-5-6-10(3)7-9(2)8-10;1-2/h9H,4-8H2,1-3H3;1-2H3. The van der Waals surface area contributed by atoms with Gasteiger partial charge in [-0.3, -0.25) is 0 Å². The molecule has 0 radical (unpaired) electrons. The molecule has 1 saturated carbocycles. The fourth-order valence-corrected chi connectivity index (χ4v) is 2.43. The summed E-state index contributed by atoms with van der Waals surface area (Å²) >= 11 is 0. The fraction of sp³-hybridized carbons (Fsp3) is 1.00. The van der Waals surface area contributed by atoms with E-state index in [1.807, 2.05) is 13.8 Å². The van der Waals surface area contributed by atoms with Gasteiger partial charge in [-0.1, -0.05) is 47.5 Å². The average molecular weight is 170 g/mol. The molecule has 0 unspecified atom stereocenters. The molecule has 0 amide bonds. The molecule has 0 nitrogen and oxygen atoms in total. The Morgan fingerprint density at radius 1 is 1.25 bits per heavy atom. The second-order valence-electron chi connectivity index (χ2n) is 4.43. The van der Waals surface area contributed by atoms with E-state index in [-0.39, 0.29) is 0 Å². The molecule has 0 bridgehead atoms. The third-order valence-electron chi connectivity index (χ3n) is 2.82. The number of hydrogen-bond acceptors (Lipinski definition) is 0. The molecular formula is C12H26. The third-order valence-corrected chi connectivity index (χ3v) is 2.82. The lowest BCUT2D eigenvalue weighted by Gasteiger charge is -2.44. The van der Waals surface area contributed by atoms with Gasteiger partial charge in [0.2, 0.25) is 0 Å². The molecule has 1 rings (SSSR count). The van der Waals surface area contributed by atoms with Gasteiger partial charge in [-0.05, 0) is 30.6 Å². The van der Waals surface area contributed by atoms with Crippen molar-refractivity contribution in [2.24, 2.45) is 11.3 Å². The predicted octanol–water partition coefficient (Wildman–Crippen LogP) is 4.64. The number of unbranched alkanes of at least 4 members (excludes halogenated alkanes) is 1. The first-order valence-electron chi connectivity index (χ1n) is 5.66. The van der Waals surface area contributed by atoms with E-state index in [0.29, 0.717) is 0 Å². The molecular weight excluding hydrogens is 144 g/mol.